The van der Waals surface area contributed by atoms with Crippen LogP contribution in [0.2, 0.25) is 0 Å². The molecule has 0 unspecified atom stereocenters. The lowest BCUT2D eigenvalue weighted by molar-refractivity contribution is -0.117. The van der Waals surface area contributed by atoms with Crippen LogP contribution in [0.4, 0.5) is 10.1 Å². The van der Waals surface area contributed by atoms with E-state index in [4.69, 9.17) is 0 Å². The average Bonchev–Trinajstić information content (AvgIpc) is 3.10. The standard InChI is InChI=1S/C17H17FN6O3S/c1-23(2)28(26,27)13-9-7-12(8-10-13)19-16(25)11-24-21-17(20-22-24)14-5-3-4-6-15(14)18/h3-10H,11H2,1-2H3,(H,19,25). The van der Waals surface area contributed by atoms with Gasteiger partial charge in [0.2, 0.25) is 21.8 Å². The largest absolute Gasteiger partial charge is 0.324 e. The van der Waals surface area contributed by atoms with Gasteiger partial charge in [0.1, 0.15) is 12.4 Å². The number of amides is 1. The fourth-order valence-corrected chi connectivity index (χ4v) is 3.21. The third-order valence-corrected chi connectivity index (χ3v) is 5.60. The van der Waals surface area contributed by atoms with E-state index in [1.54, 1.807) is 12.1 Å². The molecule has 0 fully saturated rings. The zero-order valence-electron chi connectivity index (χ0n) is 15.1. The second-order valence-electron chi connectivity index (χ2n) is 5.98. The summed E-state index contributed by atoms with van der Waals surface area (Å²) in [7, 11) is -0.668. The summed E-state index contributed by atoms with van der Waals surface area (Å²) >= 11 is 0. The van der Waals surface area contributed by atoms with E-state index in [1.165, 1.54) is 50.5 Å². The summed E-state index contributed by atoms with van der Waals surface area (Å²) in [6.45, 7) is -0.237. The number of tetrazole rings is 1. The molecule has 1 N–H and O–H groups in total. The zero-order chi connectivity index (χ0) is 20.3. The van der Waals surface area contributed by atoms with E-state index in [0.717, 1.165) is 9.10 Å². The Morgan fingerprint density at radius 3 is 2.46 bits per heavy atom. The van der Waals surface area contributed by atoms with Crippen LogP contribution in [-0.2, 0) is 21.4 Å². The zero-order valence-corrected chi connectivity index (χ0v) is 15.9. The quantitative estimate of drug-likeness (QED) is 0.664. The first kappa shape index (κ1) is 19.6. The number of benzene rings is 2. The summed E-state index contributed by atoms with van der Waals surface area (Å²) in [6.07, 6.45) is 0. The lowest BCUT2D eigenvalue weighted by Gasteiger charge is -2.11. The lowest BCUT2D eigenvalue weighted by Crippen LogP contribution is -2.22. The second kappa shape index (κ2) is 7.82. The molecule has 2 aromatic carbocycles. The first-order chi connectivity index (χ1) is 13.3. The smallest absolute Gasteiger partial charge is 0.248 e. The van der Waals surface area contributed by atoms with E-state index in [0.29, 0.717) is 5.69 Å². The van der Waals surface area contributed by atoms with Gasteiger partial charge in [-0.2, -0.15) is 4.80 Å². The van der Waals surface area contributed by atoms with Crippen LogP contribution in [0.5, 0.6) is 0 Å². The molecule has 146 valence electrons. The SMILES string of the molecule is CN(C)S(=O)(=O)c1ccc(NC(=O)Cn2nnc(-c3ccccc3F)n2)cc1. The highest BCUT2D eigenvalue weighted by atomic mass is 32.2. The number of hydrogen-bond acceptors (Lipinski definition) is 6. The summed E-state index contributed by atoms with van der Waals surface area (Å²) in [4.78, 5) is 13.3. The highest BCUT2D eigenvalue weighted by Gasteiger charge is 2.17. The van der Waals surface area contributed by atoms with E-state index in [1.807, 2.05) is 0 Å². The maximum Gasteiger partial charge on any atom is 0.248 e. The summed E-state index contributed by atoms with van der Waals surface area (Å²) < 4.78 is 38.9. The van der Waals surface area contributed by atoms with Gasteiger partial charge in [0.05, 0.1) is 10.5 Å². The first-order valence-corrected chi connectivity index (χ1v) is 9.56. The molecule has 1 heterocycles. The Morgan fingerprint density at radius 1 is 1.14 bits per heavy atom. The molecule has 0 aliphatic carbocycles. The van der Waals surface area contributed by atoms with Gasteiger partial charge >= 0.3 is 0 Å². The van der Waals surface area contributed by atoms with Gasteiger partial charge < -0.3 is 5.32 Å². The van der Waals surface area contributed by atoms with Gasteiger partial charge in [-0.25, -0.2) is 17.1 Å². The van der Waals surface area contributed by atoms with Crippen LogP contribution in [0, 0.1) is 5.82 Å². The number of hydrogen-bond donors (Lipinski definition) is 1. The third kappa shape index (κ3) is 4.21. The van der Waals surface area contributed by atoms with Crippen LogP contribution in [0.3, 0.4) is 0 Å². The highest BCUT2D eigenvalue weighted by Crippen LogP contribution is 2.18. The number of sulfonamides is 1. The molecule has 1 aromatic heterocycles. The summed E-state index contributed by atoms with van der Waals surface area (Å²) in [5.74, 6) is -0.857. The Balaban J connectivity index is 1.66. The van der Waals surface area contributed by atoms with E-state index in [2.05, 4.69) is 20.7 Å². The predicted octanol–water partition coefficient (Wildman–Crippen LogP) is 1.37. The molecule has 0 saturated carbocycles. The Morgan fingerprint density at radius 2 is 1.82 bits per heavy atom. The average molecular weight is 404 g/mol. The number of anilines is 1. The number of halogens is 1. The van der Waals surface area contributed by atoms with Gasteiger partial charge in [-0.05, 0) is 41.6 Å². The Labute approximate surface area is 160 Å². The molecule has 3 rings (SSSR count). The molecule has 1 amide bonds. The number of rotatable bonds is 6. The van der Waals surface area contributed by atoms with Gasteiger partial charge in [0.25, 0.3) is 0 Å². The van der Waals surface area contributed by atoms with E-state index in [-0.39, 0.29) is 22.8 Å². The van der Waals surface area contributed by atoms with E-state index in [9.17, 15) is 17.6 Å². The Kier molecular flexibility index (Phi) is 5.47. The topological polar surface area (TPSA) is 110 Å². The van der Waals surface area contributed by atoms with Gasteiger partial charge in [-0.1, -0.05) is 12.1 Å². The molecule has 9 nitrogen and oxygen atoms in total. The van der Waals surface area contributed by atoms with Crippen molar-refractivity contribution in [1.82, 2.24) is 24.5 Å². The molecular formula is C17H17FN6O3S. The molecular weight excluding hydrogens is 387 g/mol. The van der Waals surface area contributed by atoms with Crippen molar-refractivity contribution in [3.05, 3.63) is 54.3 Å². The maximum atomic E-state index is 13.8. The molecule has 0 atom stereocenters. The van der Waals surface area contributed by atoms with Crippen molar-refractivity contribution in [2.75, 3.05) is 19.4 Å². The molecule has 28 heavy (non-hydrogen) atoms. The second-order valence-corrected chi connectivity index (χ2v) is 8.14. The van der Waals surface area contributed by atoms with Gasteiger partial charge in [-0.15, -0.1) is 10.2 Å². The number of carbonyl (C=O) groups is 1. The van der Waals surface area contributed by atoms with Crippen LogP contribution >= 0.6 is 0 Å². The lowest BCUT2D eigenvalue weighted by atomic mass is 10.2. The third-order valence-electron chi connectivity index (χ3n) is 3.77. The molecule has 0 aliphatic heterocycles. The van der Waals surface area contributed by atoms with Crippen LogP contribution in [0.25, 0.3) is 11.4 Å². The van der Waals surface area contributed by atoms with Crippen molar-refractivity contribution >= 4 is 21.6 Å². The van der Waals surface area contributed by atoms with Crippen molar-refractivity contribution < 1.29 is 17.6 Å². The molecule has 11 heteroatoms. The van der Waals surface area contributed by atoms with Crippen molar-refractivity contribution in [2.24, 2.45) is 0 Å². The number of aromatic nitrogens is 4. The predicted molar refractivity (Wildman–Crippen MR) is 99.2 cm³/mol. The van der Waals surface area contributed by atoms with Gasteiger partial charge in [0.15, 0.2) is 0 Å². The van der Waals surface area contributed by atoms with Crippen molar-refractivity contribution in [2.45, 2.75) is 11.4 Å². The van der Waals surface area contributed by atoms with Gasteiger partial charge in [-0.3, -0.25) is 4.79 Å². The van der Waals surface area contributed by atoms with Gasteiger partial charge in [0, 0.05) is 19.8 Å². The minimum atomic E-state index is -3.54. The van der Waals surface area contributed by atoms with Crippen LogP contribution in [-0.4, -0.2) is 52.9 Å². The molecule has 0 aliphatic rings. The molecule has 3 aromatic rings. The molecule has 0 bridgehead atoms. The van der Waals surface area contributed by atoms with Crippen molar-refractivity contribution in [3.8, 4) is 11.4 Å². The minimum Gasteiger partial charge on any atom is -0.324 e. The molecule has 0 spiro atoms. The minimum absolute atomic E-state index is 0.0733. The molecule has 0 saturated heterocycles. The normalized spacial score (nSPS) is 11.6. The Bertz CT molecular complexity index is 1100. The highest BCUT2D eigenvalue weighted by molar-refractivity contribution is 7.89. The van der Waals surface area contributed by atoms with E-state index >= 15 is 0 Å². The molecule has 0 radical (unpaired) electrons. The summed E-state index contributed by atoms with van der Waals surface area (Å²) in [6, 6.07) is 11.7. The number of nitrogens with zero attached hydrogens (tertiary/aromatic N) is 5. The maximum absolute atomic E-state index is 13.8. The van der Waals surface area contributed by atoms with Crippen molar-refractivity contribution in [3.63, 3.8) is 0 Å². The van der Waals surface area contributed by atoms with Crippen LogP contribution in [0.15, 0.2) is 53.4 Å². The van der Waals surface area contributed by atoms with E-state index < -0.39 is 21.7 Å². The fraction of sp³-hybridized carbons (Fsp3) is 0.176. The number of nitrogens with one attached hydrogen (secondary N) is 1. The van der Waals surface area contributed by atoms with Crippen LogP contribution < -0.4 is 5.32 Å². The Hall–Kier alpha value is -3.18. The first-order valence-electron chi connectivity index (χ1n) is 8.12. The van der Waals surface area contributed by atoms with Crippen LogP contribution in [0.1, 0.15) is 0 Å². The summed E-state index contributed by atoms with van der Waals surface area (Å²) in [5, 5.41) is 14.1. The van der Waals surface area contributed by atoms with Crippen molar-refractivity contribution in [1.29, 1.82) is 0 Å². The summed E-state index contributed by atoms with van der Waals surface area (Å²) in [5.41, 5.74) is 0.601. The monoisotopic (exact) mass is 404 g/mol. The number of carbonyl (C=O) groups excluding carboxylic acids is 1. The fourth-order valence-electron chi connectivity index (χ4n) is 2.31.